The molecule has 0 aromatic heterocycles. The van der Waals surface area contributed by atoms with E-state index in [4.69, 9.17) is 4.74 Å². The molecule has 0 saturated heterocycles. The zero-order valence-electron chi connectivity index (χ0n) is 13.2. The van der Waals surface area contributed by atoms with Gasteiger partial charge in [0.1, 0.15) is 5.75 Å². The molecule has 0 fully saturated rings. The Labute approximate surface area is 134 Å². The number of non-ortho nitro benzene ring substituents is 1. The molecule has 6 heteroatoms. The number of hydrogen-bond acceptors (Lipinski definition) is 4. The summed E-state index contributed by atoms with van der Waals surface area (Å²) in [5.74, 6) is 0.418. The first-order valence-corrected chi connectivity index (χ1v) is 7.20. The maximum Gasteiger partial charge on any atom is 0.269 e. The molecule has 2 aromatic carbocycles. The van der Waals surface area contributed by atoms with Gasteiger partial charge in [-0.2, -0.15) is 0 Å². The molecule has 0 aliphatic rings. The zero-order valence-corrected chi connectivity index (χ0v) is 13.2. The van der Waals surface area contributed by atoms with Crippen LogP contribution in [-0.2, 0) is 0 Å². The van der Waals surface area contributed by atoms with Crippen LogP contribution in [0.3, 0.4) is 0 Å². The smallest absolute Gasteiger partial charge is 0.269 e. The second-order valence-electron chi connectivity index (χ2n) is 5.40. The molecular formula is C17H18N2O4. The van der Waals surface area contributed by atoms with Gasteiger partial charge >= 0.3 is 0 Å². The first-order valence-electron chi connectivity index (χ1n) is 7.20. The Balaban J connectivity index is 2.11. The van der Waals surface area contributed by atoms with Crippen molar-refractivity contribution in [1.82, 2.24) is 0 Å². The molecule has 1 amide bonds. The summed E-state index contributed by atoms with van der Waals surface area (Å²) in [6.45, 7) is 5.57. The molecule has 0 aliphatic heterocycles. The van der Waals surface area contributed by atoms with Crippen LogP contribution in [-0.4, -0.2) is 16.9 Å². The minimum absolute atomic E-state index is 0.00399. The Morgan fingerprint density at radius 3 is 2.35 bits per heavy atom. The highest BCUT2D eigenvalue weighted by molar-refractivity contribution is 6.04. The van der Waals surface area contributed by atoms with E-state index < -0.39 is 4.92 Å². The van der Waals surface area contributed by atoms with Gasteiger partial charge in [-0.1, -0.05) is 0 Å². The molecule has 0 radical (unpaired) electrons. The SMILES string of the molecule is Cc1cc([N+](=O)[O-])ccc1NC(=O)c1ccc(OC(C)C)cc1. The third-order valence-corrected chi connectivity index (χ3v) is 3.16. The molecule has 0 saturated carbocycles. The largest absolute Gasteiger partial charge is 0.491 e. The number of nitrogens with zero attached hydrogens (tertiary/aromatic N) is 1. The van der Waals surface area contributed by atoms with Crippen LogP contribution in [0.2, 0.25) is 0 Å². The van der Waals surface area contributed by atoms with Crippen LogP contribution in [0.4, 0.5) is 11.4 Å². The summed E-state index contributed by atoms with van der Waals surface area (Å²) < 4.78 is 5.53. The van der Waals surface area contributed by atoms with Crippen molar-refractivity contribution in [2.75, 3.05) is 5.32 Å². The quantitative estimate of drug-likeness (QED) is 0.669. The minimum Gasteiger partial charge on any atom is -0.491 e. The minimum atomic E-state index is -0.466. The number of ether oxygens (including phenoxy) is 1. The van der Waals surface area contributed by atoms with Crippen molar-refractivity contribution in [2.45, 2.75) is 26.9 Å². The van der Waals surface area contributed by atoms with Crippen LogP contribution in [0.5, 0.6) is 5.75 Å². The van der Waals surface area contributed by atoms with Crippen molar-refractivity contribution in [3.05, 3.63) is 63.7 Å². The topological polar surface area (TPSA) is 81.5 Å². The highest BCUT2D eigenvalue weighted by Crippen LogP contribution is 2.22. The van der Waals surface area contributed by atoms with E-state index in [1.165, 1.54) is 18.2 Å². The highest BCUT2D eigenvalue weighted by atomic mass is 16.6. The van der Waals surface area contributed by atoms with Crippen LogP contribution in [0, 0.1) is 17.0 Å². The molecule has 23 heavy (non-hydrogen) atoms. The van der Waals surface area contributed by atoms with Gasteiger partial charge in [0, 0.05) is 23.4 Å². The predicted octanol–water partition coefficient (Wildman–Crippen LogP) is 3.94. The number of carbonyl (C=O) groups is 1. The fourth-order valence-electron chi connectivity index (χ4n) is 2.05. The number of nitrogens with one attached hydrogen (secondary N) is 1. The molecule has 2 aromatic rings. The molecule has 0 spiro atoms. The molecule has 0 atom stereocenters. The van der Waals surface area contributed by atoms with Gasteiger partial charge in [0.05, 0.1) is 11.0 Å². The van der Waals surface area contributed by atoms with Crippen molar-refractivity contribution in [3.8, 4) is 5.75 Å². The van der Waals surface area contributed by atoms with Crippen molar-refractivity contribution in [1.29, 1.82) is 0 Å². The lowest BCUT2D eigenvalue weighted by molar-refractivity contribution is -0.384. The third kappa shape index (κ3) is 4.29. The number of amides is 1. The Hall–Kier alpha value is -2.89. The predicted molar refractivity (Wildman–Crippen MR) is 88.0 cm³/mol. The first-order chi connectivity index (χ1) is 10.9. The molecule has 0 unspecified atom stereocenters. The molecule has 2 rings (SSSR count). The van der Waals surface area contributed by atoms with Crippen LogP contribution in [0.15, 0.2) is 42.5 Å². The van der Waals surface area contributed by atoms with E-state index in [1.54, 1.807) is 31.2 Å². The molecule has 0 aliphatic carbocycles. The monoisotopic (exact) mass is 314 g/mol. The number of nitro benzene ring substituents is 1. The van der Waals surface area contributed by atoms with E-state index >= 15 is 0 Å². The molecule has 0 heterocycles. The van der Waals surface area contributed by atoms with Gasteiger partial charge in [-0.05, 0) is 56.7 Å². The normalized spacial score (nSPS) is 10.4. The van der Waals surface area contributed by atoms with E-state index in [0.717, 1.165) is 0 Å². The number of rotatable bonds is 5. The van der Waals surface area contributed by atoms with Crippen molar-refractivity contribution < 1.29 is 14.5 Å². The van der Waals surface area contributed by atoms with Gasteiger partial charge < -0.3 is 10.1 Å². The standard InChI is InChI=1S/C17H18N2O4/c1-11(2)23-15-7-4-13(5-8-15)17(20)18-16-9-6-14(19(21)22)10-12(16)3/h4-11H,1-3H3,(H,18,20). The van der Waals surface area contributed by atoms with E-state index in [0.29, 0.717) is 22.6 Å². The van der Waals surface area contributed by atoms with E-state index in [9.17, 15) is 14.9 Å². The summed E-state index contributed by atoms with van der Waals surface area (Å²) in [6, 6.07) is 11.1. The maximum absolute atomic E-state index is 12.2. The summed E-state index contributed by atoms with van der Waals surface area (Å²) in [6.07, 6.45) is 0.0671. The summed E-state index contributed by atoms with van der Waals surface area (Å²) in [4.78, 5) is 22.5. The van der Waals surface area contributed by atoms with E-state index in [1.807, 2.05) is 13.8 Å². The number of benzene rings is 2. The number of carbonyl (C=O) groups excluding carboxylic acids is 1. The lowest BCUT2D eigenvalue weighted by Gasteiger charge is -2.11. The van der Waals surface area contributed by atoms with Crippen LogP contribution < -0.4 is 10.1 Å². The van der Waals surface area contributed by atoms with Gasteiger partial charge in [-0.15, -0.1) is 0 Å². The number of nitro groups is 1. The lowest BCUT2D eigenvalue weighted by Crippen LogP contribution is -2.13. The fourth-order valence-corrected chi connectivity index (χ4v) is 2.05. The molecule has 6 nitrogen and oxygen atoms in total. The van der Waals surface area contributed by atoms with Crippen molar-refractivity contribution >= 4 is 17.3 Å². The van der Waals surface area contributed by atoms with Crippen molar-refractivity contribution in [3.63, 3.8) is 0 Å². The van der Waals surface area contributed by atoms with Crippen LogP contribution >= 0.6 is 0 Å². The van der Waals surface area contributed by atoms with Gasteiger partial charge in [-0.25, -0.2) is 0 Å². The Morgan fingerprint density at radius 1 is 1.17 bits per heavy atom. The fraction of sp³-hybridized carbons (Fsp3) is 0.235. The van der Waals surface area contributed by atoms with Gasteiger partial charge in [0.2, 0.25) is 0 Å². The van der Waals surface area contributed by atoms with Crippen molar-refractivity contribution in [2.24, 2.45) is 0 Å². The Kier molecular flexibility index (Phi) is 4.95. The number of aryl methyl sites for hydroxylation is 1. The second-order valence-corrected chi connectivity index (χ2v) is 5.40. The molecule has 1 N–H and O–H groups in total. The third-order valence-electron chi connectivity index (χ3n) is 3.16. The summed E-state index contributed by atoms with van der Waals surface area (Å²) in [5, 5.41) is 13.5. The van der Waals surface area contributed by atoms with Gasteiger partial charge in [0.25, 0.3) is 11.6 Å². The average Bonchev–Trinajstić information content (AvgIpc) is 2.49. The first kappa shape index (κ1) is 16.5. The summed E-state index contributed by atoms with van der Waals surface area (Å²) in [5.41, 5.74) is 1.66. The van der Waals surface area contributed by atoms with E-state index in [2.05, 4.69) is 5.32 Å². The highest BCUT2D eigenvalue weighted by Gasteiger charge is 2.11. The Morgan fingerprint density at radius 2 is 1.83 bits per heavy atom. The molecular weight excluding hydrogens is 296 g/mol. The summed E-state index contributed by atoms with van der Waals surface area (Å²) >= 11 is 0. The van der Waals surface area contributed by atoms with Gasteiger partial charge in [0.15, 0.2) is 0 Å². The second kappa shape index (κ2) is 6.91. The van der Waals surface area contributed by atoms with Crippen LogP contribution in [0.25, 0.3) is 0 Å². The summed E-state index contributed by atoms with van der Waals surface area (Å²) in [7, 11) is 0. The lowest BCUT2D eigenvalue weighted by atomic mass is 10.1. The van der Waals surface area contributed by atoms with Crippen LogP contribution in [0.1, 0.15) is 29.8 Å². The Bertz CT molecular complexity index is 724. The molecule has 120 valence electrons. The zero-order chi connectivity index (χ0) is 17.0. The average molecular weight is 314 g/mol. The maximum atomic E-state index is 12.2. The number of hydrogen-bond donors (Lipinski definition) is 1. The molecule has 0 bridgehead atoms. The number of anilines is 1. The van der Waals surface area contributed by atoms with Gasteiger partial charge in [-0.3, -0.25) is 14.9 Å². The van der Waals surface area contributed by atoms with E-state index in [-0.39, 0.29) is 17.7 Å².